The average Bonchev–Trinajstić information content (AvgIpc) is 3.32. The van der Waals surface area contributed by atoms with E-state index >= 15 is 0 Å². The van der Waals surface area contributed by atoms with Crippen LogP contribution in [0.15, 0.2) is 84.0 Å². The third kappa shape index (κ3) is 3.02. The summed E-state index contributed by atoms with van der Waals surface area (Å²) >= 11 is 0. The Hall–Kier alpha value is -4.40. The summed E-state index contributed by atoms with van der Waals surface area (Å²) in [6, 6.07) is 18.9. The average molecular weight is 430 g/mol. The molecule has 2 amide bonds. The molecule has 1 fully saturated rings. The van der Waals surface area contributed by atoms with Gasteiger partial charge in [0, 0.05) is 12.1 Å². The predicted octanol–water partition coefficient (Wildman–Crippen LogP) is 3.52. The highest BCUT2D eigenvalue weighted by atomic mass is 19.1. The zero-order chi connectivity index (χ0) is 22.4. The molecule has 0 aliphatic carbocycles. The number of halogens is 1. The Labute approximate surface area is 181 Å². The van der Waals surface area contributed by atoms with Crippen LogP contribution in [-0.4, -0.2) is 28.5 Å². The minimum Gasteiger partial charge on any atom is -0.273 e. The molecule has 2 aliphatic rings. The monoisotopic (exact) mass is 430 g/mol. The Morgan fingerprint density at radius 1 is 0.844 bits per heavy atom. The van der Waals surface area contributed by atoms with Gasteiger partial charge in [-0.15, -0.1) is 0 Å². The third-order valence-corrected chi connectivity index (χ3v) is 5.53. The molecule has 0 aromatic heterocycles. The number of hydrogen-bond donors (Lipinski definition) is 0. The molecule has 3 aromatic rings. The van der Waals surface area contributed by atoms with Crippen LogP contribution in [0.25, 0.3) is 0 Å². The van der Waals surface area contributed by atoms with Gasteiger partial charge in [-0.05, 0) is 54.1 Å². The largest absolute Gasteiger partial charge is 0.273 e. The molecule has 158 valence electrons. The Kier molecular flexibility index (Phi) is 4.51. The summed E-state index contributed by atoms with van der Waals surface area (Å²) in [6.07, 6.45) is 0. The second-order valence-electron chi connectivity index (χ2n) is 7.38. The summed E-state index contributed by atoms with van der Waals surface area (Å²) in [4.78, 5) is 38.3. The van der Waals surface area contributed by atoms with Crippen molar-refractivity contribution >= 4 is 34.6 Å². The van der Waals surface area contributed by atoms with Crippen LogP contribution < -0.4 is 9.91 Å². The van der Waals surface area contributed by atoms with Gasteiger partial charge in [-0.1, -0.05) is 18.2 Å². The Morgan fingerprint density at radius 3 is 2.12 bits per heavy atom. The fourth-order valence-corrected chi connectivity index (χ4v) is 4.05. The van der Waals surface area contributed by atoms with Crippen molar-refractivity contribution in [2.45, 2.75) is 6.04 Å². The van der Waals surface area contributed by atoms with Crippen molar-refractivity contribution < 1.29 is 18.9 Å². The van der Waals surface area contributed by atoms with Gasteiger partial charge in [-0.2, -0.15) is 5.10 Å². The zero-order valence-corrected chi connectivity index (χ0v) is 16.5. The second kappa shape index (κ2) is 7.38. The number of amides is 2. The van der Waals surface area contributed by atoms with Crippen LogP contribution in [-0.2, 0) is 9.59 Å². The van der Waals surface area contributed by atoms with Crippen molar-refractivity contribution in [3.8, 4) is 0 Å². The molecule has 0 saturated carbocycles. The molecule has 2 aliphatic heterocycles. The first-order valence-corrected chi connectivity index (χ1v) is 9.76. The van der Waals surface area contributed by atoms with Crippen LogP contribution in [0.4, 0.5) is 21.5 Å². The van der Waals surface area contributed by atoms with E-state index in [9.17, 15) is 24.1 Å². The smallest absolute Gasteiger partial charge is 0.269 e. The number of hydrogen-bond acceptors (Lipinski definition) is 6. The van der Waals surface area contributed by atoms with Crippen molar-refractivity contribution in [1.29, 1.82) is 0 Å². The van der Waals surface area contributed by atoms with Crippen LogP contribution in [0, 0.1) is 21.8 Å². The number of carbonyl (C=O) groups excluding carboxylic acids is 2. The van der Waals surface area contributed by atoms with E-state index in [-0.39, 0.29) is 11.4 Å². The van der Waals surface area contributed by atoms with E-state index in [0.29, 0.717) is 17.0 Å². The Bertz CT molecular complexity index is 1260. The van der Waals surface area contributed by atoms with Crippen LogP contribution in [0.1, 0.15) is 5.56 Å². The van der Waals surface area contributed by atoms with E-state index in [4.69, 9.17) is 0 Å². The van der Waals surface area contributed by atoms with Gasteiger partial charge in [0.15, 0.2) is 0 Å². The van der Waals surface area contributed by atoms with Gasteiger partial charge in [0.25, 0.3) is 11.6 Å². The number of para-hydroxylation sites is 1. The number of non-ortho nitro benzene ring substituents is 1. The normalized spacial score (nSPS) is 19.8. The van der Waals surface area contributed by atoms with Crippen LogP contribution >= 0.6 is 0 Å². The van der Waals surface area contributed by atoms with Gasteiger partial charge < -0.3 is 0 Å². The molecular weight excluding hydrogens is 415 g/mol. The van der Waals surface area contributed by atoms with Gasteiger partial charge in [0.05, 0.1) is 22.0 Å². The molecule has 2 atom stereocenters. The molecule has 8 nitrogen and oxygen atoms in total. The number of anilines is 2. The summed E-state index contributed by atoms with van der Waals surface area (Å²) in [5, 5.41) is 17.1. The number of nitro benzene ring substituents is 1. The lowest BCUT2D eigenvalue weighted by molar-refractivity contribution is -0.384. The molecule has 32 heavy (non-hydrogen) atoms. The maximum atomic E-state index is 13.4. The minimum atomic E-state index is -0.917. The molecular formula is C23H15FN4O4. The van der Waals surface area contributed by atoms with Gasteiger partial charge in [-0.25, -0.2) is 9.29 Å². The van der Waals surface area contributed by atoms with Gasteiger partial charge in [0.1, 0.15) is 17.8 Å². The van der Waals surface area contributed by atoms with E-state index in [1.54, 1.807) is 24.3 Å². The van der Waals surface area contributed by atoms with E-state index in [1.807, 2.05) is 6.07 Å². The summed E-state index contributed by atoms with van der Waals surface area (Å²) in [5.41, 5.74) is 1.65. The van der Waals surface area contributed by atoms with Crippen molar-refractivity contribution in [2.75, 3.05) is 9.91 Å². The van der Waals surface area contributed by atoms with E-state index in [0.717, 1.165) is 4.90 Å². The highest BCUT2D eigenvalue weighted by Gasteiger charge is 2.57. The molecule has 9 heteroatoms. The lowest BCUT2D eigenvalue weighted by Crippen LogP contribution is -2.39. The first kappa shape index (κ1) is 19.6. The van der Waals surface area contributed by atoms with Crippen molar-refractivity contribution in [2.24, 2.45) is 11.0 Å². The van der Waals surface area contributed by atoms with Gasteiger partial charge in [-0.3, -0.25) is 24.7 Å². The Morgan fingerprint density at radius 2 is 1.50 bits per heavy atom. The van der Waals surface area contributed by atoms with Gasteiger partial charge in [0.2, 0.25) is 5.91 Å². The summed E-state index contributed by atoms with van der Waals surface area (Å²) in [6.45, 7) is 0. The van der Waals surface area contributed by atoms with Crippen molar-refractivity contribution in [1.82, 2.24) is 0 Å². The number of benzene rings is 3. The summed E-state index contributed by atoms with van der Waals surface area (Å²) in [5.74, 6) is -2.35. The number of hydrazone groups is 1. The van der Waals surface area contributed by atoms with E-state index in [2.05, 4.69) is 5.10 Å². The predicted molar refractivity (Wildman–Crippen MR) is 115 cm³/mol. The molecule has 2 heterocycles. The molecule has 1 saturated heterocycles. The summed E-state index contributed by atoms with van der Waals surface area (Å²) < 4.78 is 13.4. The molecule has 5 rings (SSSR count). The standard InChI is InChI=1S/C23H15FN4O4/c24-15-8-12-16(13-9-15)26-22(29)19-20(14-6-10-18(11-7-14)28(31)32)25-27(21(19)23(26)30)17-4-2-1-3-5-17/h1-13,19,21H/t19-,21-/m1/s1. The highest BCUT2D eigenvalue weighted by Crippen LogP contribution is 2.39. The maximum absolute atomic E-state index is 13.4. The first-order valence-electron chi connectivity index (χ1n) is 9.76. The molecule has 0 radical (unpaired) electrons. The first-order chi connectivity index (χ1) is 15.5. The fourth-order valence-electron chi connectivity index (χ4n) is 4.05. The SMILES string of the molecule is O=C1[C@@H]2C(c3ccc([N+](=O)[O-])cc3)=NN(c3ccccc3)[C@H]2C(=O)N1c1ccc(F)cc1. The number of carbonyl (C=O) groups is 2. The maximum Gasteiger partial charge on any atom is 0.269 e. The number of nitro groups is 1. The molecule has 0 unspecified atom stereocenters. The second-order valence-corrected chi connectivity index (χ2v) is 7.38. The molecule has 0 spiro atoms. The van der Waals surface area contributed by atoms with Crippen LogP contribution in [0.2, 0.25) is 0 Å². The number of fused-ring (bicyclic) bond motifs is 1. The van der Waals surface area contributed by atoms with Crippen LogP contribution in [0.3, 0.4) is 0 Å². The minimum absolute atomic E-state index is 0.0921. The van der Waals surface area contributed by atoms with E-state index < -0.39 is 34.5 Å². The van der Waals surface area contributed by atoms with E-state index in [1.165, 1.54) is 53.5 Å². The molecule has 0 N–H and O–H groups in total. The highest BCUT2D eigenvalue weighted by molar-refractivity contribution is 6.34. The molecule has 0 bridgehead atoms. The lowest BCUT2D eigenvalue weighted by Gasteiger charge is -2.22. The van der Waals surface area contributed by atoms with Crippen molar-refractivity contribution in [3.05, 3.63) is 100 Å². The van der Waals surface area contributed by atoms with Crippen LogP contribution in [0.5, 0.6) is 0 Å². The quantitative estimate of drug-likeness (QED) is 0.359. The topological polar surface area (TPSA) is 96.1 Å². The van der Waals surface area contributed by atoms with Gasteiger partial charge >= 0.3 is 0 Å². The Balaban J connectivity index is 1.61. The van der Waals surface area contributed by atoms with Crippen molar-refractivity contribution in [3.63, 3.8) is 0 Å². The number of rotatable bonds is 4. The third-order valence-electron chi connectivity index (χ3n) is 5.53. The molecule has 3 aromatic carbocycles. The summed E-state index contributed by atoms with van der Waals surface area (Å²) in [7, 11) is 0. The lowest BCUT2D eigenvalue weighted by atomic mass is 9.92. The number of imide groups is 1. The number of nitrogens with zero attached hydrogens (tertiary/aromatic N) is 4. The fraction of sp³-hybridized carbons (Fsp3) is 0.0870. The zero-order valence-electron chi connectivity index (χ0n) is 16.5.